The van der Waals surface area contributed by atoms with Gasteiger partial charge in [-0.15, -0.1) is 0 Å². The van der Waals surface area contributed by atoms with Crippen molar-refractivity contribution in [3.8, 4) is 11.5 Å². The fraction of sp³-hybridized carbons (Fsp3) is 0. The van der Waals surface area contributed by atoms with E-state index < -0.39 is 20.7 Å². The molecule has 0 fully saturated rings. The molecule has 106 valence electrons. The molecule has 20 heavy (non-hydrogen) atoms. The number of halogens is 4. The smallest absolute Gasteiger partial charge is 0.261 e. The minimum atomic E-state index is -3.87. The third kappa shape index (κ3) is 3.47. The number of benzene rings is 2. The van der Waals surface area contributed by atoms with Crippen LogP contribution in [0.25, 0.3) is 0 Å². The molecule has 0 aliphatic carbocycles. The molecule has 0 aliphatic rings. The minimum absolute atomic E-state index is 0.127. The van der Waals surface area contributed by atoms with Crippen molar-refractivity contribution in [1.29, 1.82) is 0 Å². The molecule has 0 N–H and O–H groups in total. The molecule has 0 unspecified atom stereocenters. The molecule has 0 amide bonds. The van der Waals surface area contributed by atoms with Crippen LogP contribution in [0.2, 0.25) is 0 Å². The van der Waals surface area contributed by atoms with Gasteiger partial charge in [0.15, 0.2) is 11.6 Å². The van der Waals surface area contributed by atoms with Crippen LogP contribution in [-0.2, 0) is 9.05 Å². The molecule has 0 saturated carbocycles. The standard InChI is InChI=1S/C12H6BrClF2O3S/c13-9-6-8(20(14,17)18)2-4-11(9)19-12-3-1-7(15)5-10(12)16/h1-6H. The van der Waals surface area contributed by atoms with Crippen LogP contribution >= 0.6 is 26.6 Å². The normalized spacial score (nSPS) is 11.4. The van der Waals surface area contributed by atoms with Gasteiger partial charge in [0, 0.05) is 16.7 Å². The average molecular weight is 384 g/mol. The molecule has 0 atom stereocenters. The van der Waals surface area contributed by atoms with E-state index in [1.807, 2.05) is 0 Å². The molecule has 0 aromatic heterocycles. The van der Waals surface area contributed by atoms with Crippen LogP contribution in [0, 0.1) is 11.6 Å². The first-order valence-electron chi connectivity index (χ1n) is 5.14. The molecule has 2 rings (SSSR count). The second kappa shape index (κ2) is 5.67. The van der Waals surface area contributed by atoms with Gasteiger partial charge in [-0.1, -0.05) is 0 Å². The van der Waals surface area contributed by atoms with Crippen LogP contribution in [0.4, 0.5) is 8.78 Å². The van der Waals surface area contributed by atoms with E-state index in [0.29, 0.717) is 6.07 Å². The average Bonchev–Trinajstić information content (AvgIpc) is 2.33. The van der Waals surface area contributed by atoms with Gasteiger partial charge in [-0.2, -0.15) is 0 Å². The van der Waals surface area contributed by atoms with Crippen molar-refractivity contribution in [2.75, 3.05) is 0 Å². The number of hydrogen-bond acceptors (Lipinski definition) is 3. The fourth-order valence-electron chi connectivity index (χ4n) is 1.39. The van der Waals surface area contributed by atoms with Gasteiger partial charge < -0.3 is 4.74 Å². The molecule has 0 heterocycles. The number of hydrogen-bond donors (Lipinski definition) is 0. The van der Waals surface area contributed by atoms with E-state index in [-0.39, 0.29) is 20.9 Å². The van der Waals surface area contributed by atoms with Crippen LogP contribution in [-0.4, -0.2) is 8.42 Å². The van der Waals surface area contributed by atoms with Crippen molar-refractivity contribution in [1.82, 2.24) is 0 Å². The van der Waals surface area contributed by atoms with Crippen LogP contribution in [0.1, 0.15) is 0 Å². The molecule has 0 radical (unpaired) electrons. The first-order chi connectivity index (χ1) is 9.27. The highest BCUT2D eigenvalue weighted by atomic mass is 79.9. The zero-order valence-electron chi connectivity index (χ0n) is 9.61. The molecule has 2 aromatic rings. The Morgan fingerprint density at radius 1 is 1.05 bits per heavy atom. The summed E-state index contributed by atoms with van der Waals surface area (Å²) >= 11 is 3.09. The largest absolute Gasteiger partial charge is 0.453 e. The Balaban J connectivity index is 2.35. The van der Waals surface area contributed by atoms with E-state index in [2.05, 4.69) is 15.9 Å². The second-order valence-electron chi connectivity index (χ2n) is 3.71. The topological polar surface area (TPSA) is 43.4 Å². The summed E-state index contributed by atoms with van der Waals surface area (Å²) in [5, 5.41) is 0. The van der Waals surface area contributed by atoms with Gasteiger partial charge >= 0.3 is 0 Å². The lowest BCUT2D eigenvalue weighted by atomic mass is 10.3. The maximum absolute atomic E-state index is 13.4. The summed E-state index contributed by atoms with van der Waals surface area (Å²) < 4.78 is 54.0. The Bertz CT molecular complexity index is 765. The molecule has 3 nitrogen and oxygen atoms in total. The molecule has 0 bridgehead atoms. The molecular formula is C12H6BrClF2O3S. The first kappa shape index (κ1) is 15.2. The van der Waals surface area contributed by atoms with Crippen molar-refractivity contribution in [2.45, 2.75) is 4.90 Å². The quantitative estimate of drug-likeness (QED) is 0.736. The predicted molar refractivity (Wildman–Crippen MR) is 73.6 cm³/mol. The van der Waals surface area contributed by atoms with E-state index in [0.717, 1.165) is 12.1 Å². The van der Waals surface area contributed by atoms with Crippen LogP contribution in [0.5, 0.6) is 11.5 Å². The van der Waals surface area contributed by atoms with Gasteiger partial charge in [0.25, 0.3) is 9.05 Å². The maximum atomic E-state index is 13.4. The monoisotopic (exact) mass is 382 g/mol. The lowest BCUT2D eigenvalue weighted by Crippen LogP contribution is -1.93. The molecular weight excluding hydrogens is 378 g/mol. The van der Waals surface area contributed by atoms with E-state index in [4.69, 9.17) is 15.4 Å². The lowest BCUT2D eigenvalue weighted by molar-refractivity contribution is 0.435. The third-order valence-corrected chi connectivity index (χ3v) is 4.27. The Kier molecular flexibility index (Phi) is 4.31. The third-order valence-electron chi connectivity index (χ3n) is 2.30. The summed E-state index contributed by atoms with van der Waals surface area (Å²) in [4.78, 5) is -0.127. The highest BCUT2D eigenvalue weighted by Gasteiger charge is 2.14. The number of ether oxygens (including phenoxy) is 1. The fourth-order valence-corrected chi connectivity index (χ4v) is 2.78. The molecule has 0 spiro atoms. The Labute approximate surface area is 126 Å². The van der Waals surface area contributed by atoms with Crippen molar-refractivity contribution in [2.24, 2.45) is 0 Å². The summed E-state index contributed by atoms with van der Waals surface area (Å²) in [5.41, 5.74) is 0. The Hall–Kier alpha value is -1.18. The lowest BCUT2D eigenvalue weighted by Gasteiger charge is -2.09. The van der Waals surface area contributed by atoms with E-state index in [1.165, 1.54) is 18.2 Å². The number of rotatable bonds is 3. The minimum Gasteiger partial charge on any atom is -0.453 e. The van der Waals surface area contributed by atoms with E-state index in [1.54, 1.807) is 0 Å². The van der Waals surface area contributed by atoms with Crippen LogP contribution in [0.15, 0.2) is 45.8 Å². The molecule has 2 aromatic carbocycles. The SMILES string of the molecule is O=S(=O)(Cl)c1ccc(Oc2ccc(F)cc2F)c(Br)c1. The van der Waals surface area contributed by atoms with E-state index >= 15 is 0 Å². The van der Waals surface area contributed by atoms with Gasteiger partial charge in [-0.05, 0) is 46.3 Å². The van der Waals surface area contributed by atoms with Gasteiger partial charge in [-0.25, -0.2) is 17.2 Å². The summed E-state index contributed by atoms with van der Waals surface area (Å²) in [7, 11) is 1.33. The summed E-state index contributed by atoms with van der Waals surface area (Å²) in [6.07, 6.45) is 0. The highest BCUT2D eigenvalue weighted by Crippen LogP contribution is 2.33. The van der Waals surface area contributed by atoms with Crippen LogP contribution in [0.3, 0.4) is 0 Å². The summed E-state index contributed by atoms with van der Waals surface area (Å²) in [6, 6.07) is 6.60. The van der Waals surface area contributed by atoms with Crippen molar-refractivity contribution in [3.63, 3.8) is 0 Å². The Morgan fingerprint density at radius 3 is 2.25 bits per heavy atom. The summed E-state index contributed by atoms with van der Waals surface area (Å²) in [5.74, 6) is -1.61. The van der Waals surface area contributed by atoms with Gasteiger partial charge in [0.1, 0.15) is 11.6 Å². The van der Waals surface area contributed by atoms with Crippen molar-refractivity contribution in [3.05, 3.63) is 52.5 Å². The predicted octanol–water partition coefficient (Wildman–Crippen LogP) is 4.45. The van der Waals surface area contributed by atoms with Crippen molar-refractivity contribution >= 4 is 35.7 Å². The van der Waals surface area contributed by atoms with Gasteiger partial charge in [0.2, 0.25) is 0 Å². The first-order valence-corrected chi connectivity index (χ1v) is 8.25. The van der Waals surface area contributed by atoms with Gasteiger partial charge in [0.05, 0.1) is 9.37 Å². The molecule has 0 aliphatic heterocycles. The maximum Gasteiger partial charge on any atom is 0.261 e. The zero-order chi connectivity index (χ0) is 14.9. The van der Waals surface area contributed by atoms with Gasteiger partial charge in [-0.3, -0.25) is 0 Å². The summed E-state index contributed by atoms with van der Waals surface area (Å²) in [6.45, 7) is 0. The van der Waals surface area contributed by atoms with Crippen LogP contribution < -0.4 is 4.74 Å². The molecule has 0 saturated heterocycles. The highest BCUT2D eigenvalue weighted by molar-refractivity contribution is 9.10. The molecule has 8 heteroatoms. The Morgan fingerprint density at radius 2 is 1.70 bits per heavy atom. The van der Waals surface area contributed by atoms with E-state index in [9.17, 15) is 17.2 Å². The van der Waals surface area contributed by atoms with Crippen molar-refractivity contribution < 1.29 is 21.9 Å². The second-order valence-corrected chi connectivity index (χ2v) is 7.13. The zero-order valence-corrected chi connectivity index (χ0v) is 12.8.